The number of hydrogen-bond acceptors (Lipinski definition) is 6. The van der Waals surface area contributed by atoms with E-state index in [0.29, 0.717) is 5.16 Å². The normalized spacial score (nSPS) is 11.8. The number of rotatable bonds is 8. The SMILES string of the molecule is COc1cccc(-n2cnnc2SCC(=O)NC(c2ccc(C)cc2)c2cccs2)c1. The van der Waals surface area contributed by atoms with Crippen LogP contribution in [0, 0.1) is 6.92 Å². The Hall–Kier alpha value is -3.10. The van der Waals surface area contributed by atoms with Gasteiger partial charge in [-0.25, -0.2) is 0 Å². The number of thiophene rings is 1. The largest absolute Gasteiger partial charge is 0.497 e. The van der Waals surface area contributed by atoms with Crippen LogP contribution in [0.2, 0.25) is 0 Å². The highest BCUT2D eigenvalue weighted by Gasteiger charge is 2.19. The van der Waals surface area contributed by atoms with E-state index in [4.69, 9.17) is 4.74 Å². The summed E-state index contributed by atoms with van der Waals surface area (Å²) in [5, 5.41) is 14.0. The van der Waals surface area contributed by atoms with Gasteiger partial charge in [0.05, 0.1) is 24.6 Å². The van der Waals surface area contributed by atoms with Gasteiger partial charge in [-0.15, -0.1) is 21.5 Å². The lowest BCUT2D eigenvalue weighted by molar-refractivity contribution is -0.119. The molecule has 6 nitrogen and oxygen atoms in total. The predicted octanol–water partition coefficient (Wildman–Crippen LogP) is 4.64. The molecule has 1 N–H and O–H groups in total. The van der Waals surface area contributed by atoms with Gasteiger partial charge in [-0.2, -0.15) is 0 Å². The van der Waals surface area contributed by atoms with E-state index in [2.05, 4.69) is 46.7 Å². The summed E-state index contributed by atoms with van der Waals surface area (Å²) in [6.45, 7) is 2.05. The molecule has 0 aliphatic heterocycles. The first-order valence-corrected chi connectivity index (χ1v) is 11.6. The van der Waals surface area contributed by atoms with E-state index in [1.54, 1.807) is 24.8 Å². The molecule has 2 heterocycles. The predicted molar refractivity (Wildman–Crippen MR) is 124 cm³/mol. The smallest absolute Gasteiger partial charge is 0.231 e. The second-order valence-corrected chi connectivity index (χ2v) is 8.82. The first-order valence-electron chi connectivity index (χ1n) is 9.70. The molecule has 4 rings (SSSR count). The minimum Gasteiger partial charge on any atom is -0.497 e. The summed E-state index contributed by atoms with van der Waals surface area (Å²) in [5.74, 6) is 0.914. The molecule has 1 unspecified atom stereocenters. The molecular weight excluding hydrogens is 428 g/mol. The number of aromatic nitrogens is 3. The molecule has 1 amide bonds. The maximum Gasteiger partial charge on any atom is 0.231 e. The molecule has 0 saturated carbocycles. The number of aryl methyl sites for hydroxylation is 1. The maximum absolute atomic E-state index is 12.8. The highest BCUT2D eigenvalue weighted by atomic mass is 32.2. The molecule has 4 aromatic rings. The number of methoxy groups -OCH3 is 1. The summed E-state index contributed by atoms with van der Waals surface area (Å²) in [6.07, 6.45) is 1.63. The fraction of sp³-hybridized carbons (Fsp3) is 0.174. The van der Waals surface area contributed by atoms with Gasteiger partial charge in [-0.1, -0.05) is 53.7 Å². The minimum absolute atomic E-state index is 0.0656. The Bertz CT molecular complexity index is 1140. The van der Waals surface area contributed by atoms with Crippen molar-refractivity contribution >= 4 is 29.0 Å². The number of hydrogen-bond donors (Lipinski definition) is 1. The number of ether oxygens (including phenoxy) is 1. The molecule has 0 saturated heterocycles. The number of nitrogens with one attached hydrogen (secondary N) is 1. The highest BCUT2D eigenvalue weighted by molar-refractivity contribution is 7.99. The summed E-state index contributed by atoms with van der Waals surface area (Å²) >= 11 is 2.98. The van der Waals surface area contributed by atoms with Gasteiger partial charge >= 0.3 is 0 Å². The van der Waals surface area contributed by atoms with Crippen molar-refractivity contribution in [2.24, 2.45) is 0 Å². The molecule has 0 bridgehead atoms. The topological polar surface area (TPSA) is 69.0 Å². The Labute approximate surface area is 189 Å². The molecule has 2 aromatic carbocycles. The van der Waals surface area contributed by atoms with E-state index < -0.39 is 0 Å². The average molecular weight is 451 g/mol. The summed E-state index contributed by atoms with van der Waals surface area (Å²) < 4.78 is 7.14. The van der Waals surface area contributed by atoms with Gasteiger partial charge in [0.1, 0.15) is 12.1 Å². The second-order valence-electron chi connectivity index (χ2n) is 6.90. The van der Waals surface area contributed by atoms with Crippen LogP contribution in [-0.2, 0) is 4.79 Å². The molecule has 0 fully saturated rings. The number of amides is 1. The molecule has 1 atom stereocenters. The van der Waals surface area contributed by atoms with Crippen molar-refractivity contribution < 1.29 is 9.53 Å². The fourth-order valence-electron chi connectivity index (χ4n) is 3.13. The monoisotopic (exact) mass is 450 g/mol. The van der Waals surface area contributed by atoms with Gasteiger partial charge < -0.3 is 10.1 Å². The van der Waals surface area contributed by atoms with Crippen LogP contribution in [0.25, 0.3) is 5.69 Å². The Kier molecular flexibility index (Phi) is 6.69. The van der Waals surface area contributed by atoms with E-state index in [1.165, 1.54) is 17.3 Å². The molecule has 2 aromatic heterocycles. The molecule has 0 aliphatic carbocycles. The van der Waals surface area contributed by atoms with Crippen LogP contribution in [0.4, 0.5) is 0 Å². The zero-order valence-electron chi connectivity index (χ0n) is 17.2. The molecular formula is C23H22N4O2S2. The van der Waals surface area contributed by atoms with E-state index >= 15 is 0 Å². The first-order chi connectivity index (χ1) is 15.1. The lowest BCUT2D eigenvalue weighted by atomic mass is 10.0. The van der Waals surface area contributed by atoms with Crippen LogP contribution in [0.5, 0.6) is 5.75 Å². The van der Waals surface area contributed by atoms with Crippen molar-refractivity contribution in [3.05, 3.63) is 88.4 Å². The molecule has 0 spiro atoms. The molecule has 0 radical (unpaired) electrons. The summed E-state index contributed by atoms with van der Waals surface area (Å²) in [4.78, 5) is 13.9. The van der Waals surface area contributed by atoms with E-state index in [0.717, 1.165) is 21.9 Å². The lowest BCUT2D eigenvalue weighted by Gasteiger charge is -2.18. The number of carbonyl (C=O) groups is 1. The van der Waals surface area contributed by atoms with Crippen LogP contribution in [0.3, 0.4) is 0 Å². The zero-order valence-corrected chi connectivity index (χ0v) is 18.8. The minimum atomic E-state index is -0.176. The van der Waals surface area contributed by atoms with Crippen LogP contribution < -0.4 is 10.1 Å². The standard InChI is InChI=1S/C23H22N4O2S2/c1-16-8-10-17(11-9-16)22(20-7-4-12-30-20)25-21(28)14-31-23-26-24-15-27(23)18-5-3-6-19(13-18)29-2/h3-13,15,22H,14H2,1-2H3,(H,25,28). The van der Waals surface area contributed by atoms with Crippen molar-refractivity contribution in [1.29, 1.82) is 0 Å². The molecule has 158 valence electrons. The van der Waals surface area contributed by atoms with Gasteiger partial charge in [-0.3, -0.25) is 9.36 Å². The number of benzene rings is 2. The van der Waals surface area contributed by atoms with Crippen molar-refractivity contribution in [2.75, 3.05) is 12.9 Å². The summed E-state index contributed by atoms with van der Waals surface area (Å²) in [5.41, 5.74) is 3.13. The Morgan fingerprint density at radius 1 is 1.19 bits per heavy atom. The van der Waals surface area contributed by atoms with Crippen molar-refractivity contribution in [2.45, 2.75) is 18.1 Å². The Balaban J connectivity index is 1.46. The van der Waals surface area contributed by atoms with E-state index in [1.807, 2.05) is 46.3 Å². The fourth-order valence-corrected chi connectivity index (χ4v) is 4.67. The van der Waals surface area contributed by atoms with Crippen molar-refractivity contribution in [3.8, 4) is 11.4 Å². The maximum atomic E-state index is 12.8. The van der Waals surface area contributed by atoms with Gasteiger partial charge in [0.25, 0.3) is 0 Å². The van der Waals surface area contributed by atoms with Crippen LogP contribution in [0.15, 0.2) is 77.5 Å². The molecule has 0 aliphatic rings. The van der Waals surface area contributed by atoms with Crippen molar-refractivity contribution in [3.63, 3.8) is 0 Å². The van der Waals surface area contributed by atoms with E-state index in [9.17, 15) is 4.79 Å². The number of carbonyl (C=O) groups excluding carboxylic acids is 1. The van der Waals surface area contributed by atoms with Crippen LogP contribution in [-0.4, -0.2) is 33.5 Å². The third-order valence-electron chi connectivity index (χ3n) is 4.72. The lowest BCUT2D eigenvalue weighted by Crippen LogP contribution is -2.30. The third-order valence-corrected chi connectivity index (χ3v) is 6.60. The van der Waals surface area contributed by atoms with Gasteiger partial charge in [0.2, 0.25) is 5.91 Å². The quantitative estimate of drug-likeness (QED) is 0.396. The first kappa shape index (κ1) is 21.1. The number of thioether (sulfide) groups is 1. The number of nitrogens with zero attached hydrogens (tertiary/aromatic N) is 3. The van der Waals surface area contributed by atoms with Crippen molar-refractivity contribution in [1.82, 2.24) is 20.1 Å². The summed E-state index contributed by atoms with van der Waals surface area (Å²) in [6, 6.07) is 19.7. The van der Waals surface area contributed by atoms with Gasteiger partial charge in [0.15, 0.2) is 5.16 Å². The Morgan fingerprint density at radius 2 is 2.03 bits per heavy atom. The molecule has 31 heavy (non-hydrogen) atoms. The van der Waals surface area contributed by atoms with Crippen LogP contribution in [0.1, 0.15) is 22.0 Å². The third kappa shape index (κ3) is 5.15. The van der Waals surface area contributed by atoms with Gasteiger partial charge in [-0.05, 0) is 36.1 Å². The van der Waals surface area contributed by atoms with Crippen LogP contribution >= 0.6 is 23.1 Å². The molecule has 8 heteroatoms. The summed E-state index contributed by atoms with van der Waals surface area (Å²) in [7, 11) is 1.63. The van der Waals surface area contributed by atoms with Gasteiger partial charge in [0, 0.05) is 10.9 Å². The second kappa shape index (κ2) is 9.80. The average Bonchev–Trinajstić information content (AvgIpc) is 3.49. The Morgan fingerprint density at radius 3 is 2.77 bits per heavy atom. The zero-order chi connectivity index (χ0) is 21.6. The highest BCUT2D eigenvalue weighted by Crippen LogP contribution is 2.27. The van der Waals surface area contributed by atoms with E-state index in [-0.39, 0.29) is 17.7 Å².